The molecule has 0 aromatic heterocycles. The van der Waals surface area contributed by atoms with Crippen LogP contribution >= 0.6 is 11.6 Å². The van der Waals surface area contributed by atoms with Gasteiger partial charge in [0.1, 0.15) is 5.75 Å². The van der Waals surface area contributed by atoms with Crippen molar-refractivity contribution >= 4 is 51.3 Å². The summed E-state index contributed by atoms with van der Waals surface area (Å²) >= 11 is 5.85. The lowest BCUT2D eigenvalue weighted by Gasteiger charge is -2.21. The zero-order chi connectivity index (χ0) is 21.8. The lowest BCUT2D eigenvalue weighted by molar-refractivity contribution is -0.114. The number of carbonyl (C=O) groups is 3. The van der Waals surface area contributed by atoms with Gasteiger partial charge in [-0.2, -0.15) is 0 Å². The number of anilines is 2. The van der Waals surface area contributed by atoms with Crippen LogP contribution in [-0.4, -0.2) is 38.9 Å². The molecular weight excluding hydrogens is 426 g/mol. The number of nitrogens with one attached hydrogen (secondary N) is 2. The second-order valence-electron chi connectivity index (χ2n) is 5.58. The molecule has 154 valence electrons. The van der Waals surface area contributed by atoms with Crippen LogP contribution in [-0.2, 0) is 19.6 Å². The van der Waals surface area contributed by atoms with Crippen molar-refractivity contribution in [3.63, 3.8) is 0 Å². The second-order valence-corrected chi connectivity index (χ2v) is 7.68. The first-order chi connectivity index (χ1) is 13.6. The Morgan fingerprint density at radius 3 is 2.45 bits per heavy atom. The van der Waals surface area contributed by atoms with Gasteiger partial charge in [-0.1, -0.05) is 11.6 Å². The molecule has 0 saturated carbocycles. The first kappa shape index (κ1) is 22.1. The van der Waals surface area contributed by atoms with E-state index in [0.29, 0.717) is 5.01 Å². The van der Waals surface area contributed by atoms with Crippen LogP contribution in [0.4, 0.5) is 11.4 Å². The Morgan fingerprint density at radius 1 is 1.21 bits per heavy atom. The molecular formula is C17H16ClN3O7S. The van der Waals surface area contributed by atoms with Gasteiger partial charge >= 0.3 is 5.97 Å². The number of hydrogen-bond donors (Lipinski definition) is 3. The largest absolute Gasteiger partial charge is 0.495 e. The van der Waals surface area contributed by atoms with E-state index in [1.54, 1.807) is 0 Å². The number of carbonyl (C=O) groups excluding carboxylic acids is 2. The molecule has 2 amide bonds. The predicted octanol–water partition coefficient (Wildman–Crippen LogP) is 1.86. The number of methoxy groups -OCH3 is 1. The van der Waals surface area contributed by atoms with E-state index in [1.165, 1.54) is 32.2 Å². The monoisotopic (exact) mass is 441 g/mol. The van der Waals surface area contributed by atoms with Crippen LogP contribution < -0.4 is 19.9 Å². The zero-order valence-electron chi connectivity index (χ0n) is 15.2. The van der Waals surface area contributed by atoms with Crippen molar-refractivity contribution in [2.45, 2.75) is 11.8 Å². The van der Waals surface area contributed by atoms with Gasteiger partial charge in [-0.05, 0) is 36.4 Å². The van der Waals surface area contributed by atoms with Gasteiger partial charge in [0, 0.05) is 11.9 Å². The average molecular weight is 442 g/mol. The van der Waals surface area contributed by atoms with Crippen LogP contribution in [0.15, 0.2) is 41.3 Å². The highest BCUT2D eigenvalue weighted by Gasteiger charge is 2.24. The summed E-state index contributed by atoms with van der Waals surface area (Å²) in [5, 5.41) is 12.3. The molecule has 0 atom stereocenters. The third kappa shape index (κ3) is 5.22. The van der Waals surface area contributed by atoms with Gasteiger partial charge in [-0.3, -0.25) is 9.59 Å². The van der Waals surface area contributed by atoms with Gasteiger partial charge in [-0.25, -0.2) is 18.2 Å². The molecule has 0 saturated heterocycles. The Balaban J connectivity index is 2.47. The molecule has 2 rings (SSSR count). The number of ether oxygens (including phenoxy) is 1. The fourth-order valence-corrected chi connectivity index (χ4v) is 3.53. The van der Waals surface area contributed by atoms with E-state index in [4.69, 9.17) is 16.3 Å². The number of hydrogen-bond acceptors (Lipinski definition) is 6. The molecule has 12 heteroatoms. The number of amides is 2. The minimum absolute atomic E-state index is 0.0911. The van der Waals surface area contributed by atoms with Gasteiger partial charge in [0.05, 0.1) is 28.9 Å². The Kier molecular flexibility index (Phi) is 6.80. The van der Waals surface area contributed by atoms with E-state index in [2.05, 4.69) is 5.32 Å². The number of carboxylic acids is 1. The topological polar surface area (TPSA) is 142 Å². The number of aromatic carboxylic acids is 1. The van der Waals surface area contributed by atoms with Crippen molar-refractivity contribution < 1.29 is 32.6 Å². The van der Waals surface area contributed by atoms with Crippen LogP contribution in [0, 0.1) is 0 Å². The van der Waals surface area contributed by atoms with E-state index in [0.717, 1.165) is 18.2 Å². The molecule has 0 bridgehead atoms. The Morgan fingerprint density at radius 2 is 1.90 bits per heavy atom. The average Bonchev–Trinajstić information content (AvgIpc) is 2.65. The molecule has 0 aliphatic heterocycles. The first-order valence-electron chi connectivity index (χ1n) is 7.84. The molecule has 0 aliphatic rings. The smallest absolute Gasteiger partial charge is 0.337 e. The molecule has 0 heterocycles. The normalized spacial score (nSPS) is 10.9. The van der Waals surface area contributed by atoms with Crippen LogP contribution in [0.1, 0.15) is 17.3 Å². The highest BCUT2D eigenvalue weighted by Crippen LogP contribution is 2.28. The molecule has 3 N–H and O–H groups in total. The molecule has 0 fully saturated rings. The van der Waals surface area contributed by atoms with Gasteiger partial charge < -0.3 is 15.2 Å². The van der Waals surface area contributed by atoms with E-state index >= 15 is 0 Å². The maximum atomic E-state index is 12.7. The van der Waals surface area contributed by atoms with Gasteiger partial charge in [0.15, 0.2) is 0 Å². The minimum Gasteiger partial charge on any atom is -0.495 e. The van der Waals surface area contributed by atoms with Crippen LogP contribution in [0.25, 0.3) is 0 Å². The zero-order valence-corrected chi connectivity index (χ0v) is 16.7. The maximum absolute atomic E-state index is 12.7. The summed E-state index contributed by atoms with van der Waals surface area (Å²) in [6, 6.07) is 7.17. The van der Waals surface area contributed by atoms with Crippen molar-refractivity contribution in [2.75, 3.05) is 17.4 Å². The predicted molar refractivity (Wildman–Crippen MR) is 105 cm³/mol. The van der Waals surface area contributed by atoms with E-state index in [9.17, 15) is 27.9 Å². The molecule has 0 radical (unpaired) electrons. The van der Waals surface area contributed by atoms with Gasteiger partial charge in [-0.15, -0.1) is 4.83 Å². The number of hydrazine groups is 1. The lowest BCUT2D eigenvalue weighted by atomic mass is 10.2. The molecule has 29 heavy (non-hydrogen) atoms. The number of rotatable bonds is 8. The summed E-state index contributed by atoms with van der Waals surface area (Å²) < 4.78 is 30.5. The number of sulfonamides is 1. The van der Waals surface area contributed by atoms with Crippen molar-refractivity contribution in [3.8, 4) is 5.75 Å². The van der Waals surface area contributed by atoms with Crippen molar-refractivity contribution in [1.82, 2.24) is 4.83 Å². The van der Waals surface area contributed by atoms with Crippen LogP contribution in [0.5, 0.6) is 5.75 Å². The van der Waals surface area contributed by atoms with Crippen LogP contribution in [0.3, 0.4) is 0 Å². The highest BCUT2D eigenvalue weighted by atomic mass is 35.5. The number of nitrogens with zero attached hydrogens (tertiary/aromatic N) is 1. The summed E-state index contributed by atoms with van der Waals surface area (Å²) in [5.74, 6) is -1.63. The molecule has 0 spiro atoms. The summed E-state index contributed by atoms with van der Waals surface area (Å²) in [6.45, 7) is 1.24. The number of halogens is 1. The van der Waals surface area contributed by atoms with Gasteiger partial charge in [0.2, 0.25) is 12.3 Å². The second kappa shape index (κ2) is 8.90. The number of carboxylic acid groups (broad SMARTS) is 1. The maximum Gasteiger partial charge on any atom is 0.337 e. The summed E-state index contributed by atoms with van der Waals surface area (Å²) in [6.07, 6.45) is 0.0912. The quantitative estimate of drug-likeness (QED) is 0.419. The molecule has 0 aliphatic carbocycles. The standard InChI is InChI=1S/C17H16ClN3O7S/c1-10(23)19-14-8-12(4-6-16(14)28-2)29(26,27)20-21(9-22)15-7-11(18)3-5-13(15)17(24)25/h3-9,20H,1-2H3,(H,19,23)(H,24,25). The third-order valence-electron chi connectivity index (χ3n) is 3.57. The molecule has 0 unspecified atom stereocenters. The minimum atomic E-state index is -4.36. The SMILES string of the molecule is COc1ccc(S(=O)(=O)NN(C=O)c2cc(Cl)ccc2C(=O)O)cc1NC(C)=O. The number of benzene rings is 2. The van der Waals surface area contributed by atoms with E-state index < -0.39 is 21.9 Å². The third-order valence-corrected chi connectivity index (χ3v) is 5.11. The molecule has 2 aromatic rings. The highest BCUT2D eigenvalue weighted by molar-refractivity contribution is 7.89. The summed E-state index contributed by atoms with van der Waals surface area (Å²) in [7, 11) is -3.02. The summed E-state index contributed by atoms with van der Waals surface area (Å²) in [4.78, 5) is 35.9. The van der Waals surface area contributed by atoms with Crippen LogP contribution in [0.2, 0.25) is 5.02 Å². The van der Waals surface area contributed by atoms with Crippen molar-refractivity contribution in [1.29, 1.82) is 0 Å². The van der Waals surface area contributed by atoms with Gasteiger partial charge in [0.25, 0.3) is 10.0 Å². The summed E-state index contributed by atoms with van der Waals surface area (Å²) in [5.41, 5.74) is -0.536. The van der Waals surface area contributed by atoms with E-state index in [-0.39, 0.29) is 39.0 Å². The fraction of sp³-hybridized carbons (Fsp3) is 0.118. The van der Waals surface area contributed by atoms with Crippen molar-refractivity contribution in [3.05, 3.63) is 47.0 Å². The molecule has 10 nitrogen and oxygen atoms in total. The fourth-order valence-electron chi connectivity index (χ4n) is 2.34. The Bertz CT molecular complexity index is 1070. The Labute approximate surface area is 171 Å². The van der Waals surface area contributed by atoms with Crippen molar-refractivity contribution in [2.24, 2.45) is 0 Å². The lowest BCUT2D eigenvalue weighted by Crippen LogP contribution is -2.42. The van der Waals surface area contributed by atoms with E-state index in [1.807, 2.05) is 4.83 Å². The first-order valence-corrected chi connectivity index (χ1v) is 9.70. The molecule has 2 aromatic carbocycles. The Hall–Kier alpha value is -3.15.